The zero-order chi connectivity index (χ0) is 20.4. The van der Waals surface area contributed by atoms with E-state index in [1.807, 2.05) is 36.4 Å². The highest BCUT2D eigenvalue weighted by atomic mass is 15.4. The summed E-state index contributed by atoms with van der Waals surface area (Å²) in [6, 6.07) is 13.1. The van der Waals surface area contributed by atoms with Crippen LogP contribution in [0.5, 0.6) is 0 Å². The molecule has 0 unspecified atom stereocenters. The Morgan fingerprint density at radius 3 is 2.34 bits per heavy atom. The number of pyridine rings is 1. The maximum Gasteiger partial charge on any atom is 0.255 e. The Hall–Kier alpha value is -4.32. The zero-order valence-electron chi connectivity index (χ0n) is 15.9. The van der Waals surface area contributed by atoms with Crippen molar-refractivity contribution in [3.05, 3.63) is 77.7 Å². The molecule has 0 fully saturated rings. The van der Waals surface area contributed by atoms with Crippen LogP contribution in [0.15, 0.2) is 65.1 Å². The van der Waals surface area contributed by atoms with Crippen LogP contribution in [0.4, 0.5) is 23.0 Å². The van der Waals surface area contributed by atoms with E-state index in [1.165, 1.54) is 0 Å². The summed E-state index contributed by atoms with van der Waals surface area (Å²) in [7, 11) is 0. The average Bonchev–Trinajstić information content (AvgIpc) is 3.23. The fraction of sp³-hybridized carbons (Fsp3) is 0.100. The quantitative estimate of drug-likeness (QED) is 0.410. The van der Waals surface area contributed by atoms with Crippen molar-refractivity contribution < 1.29 is 0 Å². The highest BCUT2D eigenvalue weighted by Crippen LogP contribution is 2.36. The van der Waals surface area contributed by atoms with Crippen molar-refractivity contribution in [3.63, 3.8) is 0 Å². The minimum absolute atomic E-state index is 0.339. The van der Waals surface area contributed by atoms with E-state index in [1.54, 1.807) is 41.7 Å². The van der Waals surface area contributed by atoms with E-state index in [4.69, 9.17) is 12.3 Å². The summed E-state index contributed by atoms with van der Waals surface area (Å²) in [4.78, 5) is 7.67. The number of azo groups is 1. The molecule has 4 aromatic rings. The Morgan fingerprint density at radius 2 is 1.66 bits per heavy atom. The van der Waals surface area contributed by atoms with E-state index in [0.717, 1.165) is 11.4 Å². The van der Waals surface area contributed by atoms with Crippen LogP contribution >= 0.6 is 0 Å². The molecular weight excluding hydrogens is 366 g/mol. The van der Waals surface area contributed by atoms with E-state index < -0.39 is 0 Å². The minimum Gasteiger partial charge on any atom is -0.382 e. The number of anilines is 1. The van der Waals surface area contributed by atoms with Gasteiger partial charge in [0, 0.05) is 6.20 Å². The zero-order valence-corrected chi connectivity index (χ0v) is 15.9. The van der Waals surface area contributed by atoms with Gasteiger partial charge >= 0.3 is 0 Å². The van der Waals surface area contributed by atoms with Crippen molar-refractivity contribution in [3.8, 4) is 11.4 Å². The second-order valence-electron chi connectivity index (χ2n) is 6.26. The van der Waals surface area contributed by atoms with E-state index in [-0.39, 0.29) is 0 Å². The van der Waals surface area contributed by atoms with Crippen molar-refractivity contribution in [2.24, 2.45) is 10.2 Å². The molecule has 3 heterocycles. The van der Waals surface area contributed by atoms with Gasteiger partial charge in [0.2, 0.25) is 0 Å². The molecule has 0 saturated heterocycles. The van der Waals surface area contributed by atoms with Gasteiger partial charge in [-0.3, -0.25) is 4.98 Å². The molecule has 0 aliphatic heterocycles. The normalized spacial score (nSPS) is 11.1. The summed E-state index contributed by atoms with van der Waals surface area (Å²) < 4.78 is 3.16. The van der Waals surface area contributed by atoms with Crippen LogP contribution in [-0.2, 0) is 0 Å². The lowest BCUT2D eigenvalue weighted by atomic mass is 10.3. The molecule has 142 valence electrons. The van der Waals surface area contributed by atoms with Gasteiger partial charge in [-0.15, -0.1) is 10.2 Å². The molecule has 0 spiro atoms. The molecule has 29 heavy (non-hydrogen) atoms. The third-order valence-electron chi connectivity index (χ3n) is 4.32. The third kappa shape index (κ3) is 3.23. The van der Waals surface area contributed by atoms with E-state index in [9.17, 15) is 0 Å². The number of nitrogen functional groups attached to an aromatic ring is 1. The minimum atomic E-state index is 0.339. The molecule has 0 saturated carbocycles. The highest BCUT2D eigenvalue weighted by Gasteiger charge is 2.18. The Labute approximate surface area is 167 Å². The predicted octanol–water partition coefficient (Wildman–Crippen LogP) is 4.62. The summed E-state index contributed by atoms with van der Waals surface area (Å²) in [6.07, 6.45) is 3.34. The second kappa shape index (κ2) is 7.36. The highest BCUT2D eigenvalue weighted by molar-refractivity contribution is 5.69. The molecule has 2 N–H and O–H groups in total. The summed E-state index contributed by atoms with van der Waals surface area (Å²) in [5.41, 5.74) is 9.74. The van der Waals surface area contributed by atoms with Crippen LogP contribution in [0.25, 0.3) is 16.2 Å². The monoisotopic (exact) mass is 383 g/mol. The Bertz CT molecular complexity index is 1230. The van der Waals surface area contributed by atoms with Gasteiger partial charge in [-0.05, 0) is 38.1 Å². The number of aryl methyl sites for hydroxylation is 2. The first-order valence-electron chi connectivity index (χ1n) is 8.80. The number of hydrogen-bond donors (Lipinski definition) is 1. The lowest BCUT2D eigenvalue weighted by Crippen LogP contribution is -2.01. The molecule has 0 amide bonds. The van der Waals surface area contributed by atoms with E-state index in [2.05, 4.69) is 30.3 Å². The summed E-state index contributed by atoms with van der Waals surface area (Å²) in [5, 5.41) is 17.5. The van der Waals surface area contributed by atoms with Crippen LogP contribution < -0.4 is 5.73 Å². The number of benzene rings is 1. The fourth-order valence-electron chi connectivity index (χ4n) is 2.91. The Kier molecular flexibility index (Phi) is 4.58. The molecule has 4 rings (SSSR count). The molecule has 0 atom stereocenters. The van der Waals surface area contributed by atoms with Gasteiger partial charge in [-0.2, -0.15) is 10.2 Å². The van der Waals surface area contributed by atoms with Crippen molar-refractivity contribution in [1.29, 1.82) is 0 Å². The van der Waals surface area contributed by atoms with Crippen molar-refractivity contribution >= 4 is 23.0 Å². The number of hydrogen-bond acceptors (Lipinski definition) is 6. The van der Waals surface area contributed by atoms with E-state index in [0.29, 0.717) is 34.4 Å². The van der Waals surface area contributed by atoms with Crippen LogP contribution in [0.2, 0.25) is 0 Å². The predicted molar refractivity (Wildman–Crippen MR) is 109 cm³/mol. The van der Waals surface area contributed by atoms with Crippen molar-refractivity contribution in [2.75, 3.05) is 5.73 Å². The Morgan fingerprint density at radius 1 is 0.931 bits per heavy atom. The van der Waals surface area contributed by atoms with Crippen LogP contribution in [0.3, 0.4) is 0 Å². The lowest BCUT2D eigenvalue weighted by molar-refractivity contribution is 0.854. The topological polar surface area (TPSA) is 104 Å². The molecule has 0 aliphatic carbocycles. The van der Waals surface area contributed by atoms with Crippen molar-refractivity contribution in [2.45, 2.75) is 13.8 Å². The Balaban J connectivity index is 1.80. The molecule has 3 aromatic heterocycles. The van der Waals surface area contributed by atoms with Gasteiger partial charge in [0.15, 0.2) is 17.3 Å². The fourth-order valence-corrected chi connectivity index (χ4v) is 2.91. The number of para-hydroxylation sites is 1. The summed E-state index contributed by atoms with van der Waals surface area (Å²) >= 11 is 0. The van der Waals surface area contributed by atoms with Gasteiger partial charge in [0.25, 0.3) is 5.69 Å². The third-order valence-corrected chi connectivity index (χ3v) is 4.32. The maximum absolute atomic E-state index is 7.51. The van der Waals surface area contributed by atoms with Gasteiger partial charge in [0.1, 0.15) is 0 Å². The summed E-state index contributed by atoms with van der Waals surface area (Å²) in [6.45, 7) is 11.1. The molecule has 0 aliphatic rings. The smallest absolute Gasteiger partial charge is 0.255 e. The van der Waals surface area contributed by atoms with Crippen molar-refractivity contribution in [1.82, 2.24) is 24.5 Å². The van der Waals surface area contributed by atoms with Crippen LogP contribution in [0.1, 0.15) is 11.4 Å². The summed E-state index contributed by atoms with van der Waals surface area (Å²) in [5.74, 6) is 0.683. The van der Waals surface area contributed by atoms with Gasteiger partial charge in [-0.1, -0.05) is 18.2 Å². The van der Waals surface area contributed by atoms with Gasteiger partial charge in [-0.25, -0.2) is 14.2 Å². The average molecular weight is 383 g/mol. The first-order chi connectivity index (χ1) is 14.1. The molecular formula is C20H17N9. The van der Waals surface area contributed by atoms with Crippen LogP contribution in [-0.4, -0.2) is 24.5 Å². The maximum atomic E-state index is 7.51. The number of nitrogens with zero attached hydrogens (tertiary/aromatic N) is 8. The first kappa shape index (κ1) is 18.1. The van der Waals surface area contributed by atoms with Crippen LogP contribution in [0, 0.1) is 20.4 Å². The standard InChI is InChI=1S/C20H17N9/c1-13-17(19(21)28(26-13)16-10-7-11-23-12-16)24-25-20-18(22-3)14(2)27-29(20)15-8-5-4-6-9-15/h4-12H,21H2,1-2H3/b25-24+. The lowest BCUT2D eigenvalue weighted by Gasteiger charge is -2.04. The number of rotatable bonds is 4. The largest absolute Gasteiger partial charge is 0.382 e. The van der Waals surface area contributed by atoms with E-state index >= 15 is 0 Å². The number of aromatic nitrogens is 5. The molecule has 0 bridgehead atoms. The first-order valence-corrected chi connectivity index (χ1v) is 8.80. The number of nitrogens with two attached hydrogens (primary N) is 1. The molecule has 1 aromatic carbocycles. The van der Waals surface area contributed by atoms with Gasteiger partial charge in [0.05, 0.1) is 35.5 Å². The molecule has 9 heteroatoms. The molecule has 9 nitrogen and oxygen atoms in total. The van der Waals surface area contributed by atoms with Gasteiger partial charge < -0.3 is 5.73 Å². The second-order valence-corrected chi connectivity index (χ2v) is 6.26. The molecule has 0 radical (unpaired) electrons. The SMILES string of the molecule is [C-]#[N+]c1c(C)nn(-c2ccccc2)c1/N=N/c1c(C)nn(-c2cccnc2)c1N.